The van der Waals surface area contributed by atoms with Gasteiger partial charge in [-0.25, -0.2) is 4.98 Å². The summed E-state index contributed by atoms with van der Waals surface area (Å²) in [6.07, 6.45) is 4.66. The third-order valence-electron chi connectivity index (χ3n) is 2.00. The van der Waals surface area contributed by atoms with Crippen molar-refractivity contribution in [3.8, 4) is 0 Å². The van der Waals surface area contributed by atoms with Crippen molar-refractivity contribution in [3.63, 3.8) is 0 Å². The summed E-state index contributed by atoms with van der Waals surface area (Å²) in [4.78, 5) is 3.95. The van der Waals surface area contributed by atoms with Crippen molar-refractivity contribution in [3.05, 3.63) is 12.4 Å². The lowest BCUT2D eigenvalue weighted by Gasteiger charge is -2.09. The van der Waals surface area contributed by atoms with Crippen molar-refractivity contribution in [2.75, 3.05) is 18.9 Å². The van der Waals surface area contributed by atoms with Crippen molar-refractivity contribution in [1.29, 1.82) is 0 Å². The molecule has 0 amide bonds. The molecule has 2 N–H and O–H groups in total. The number of hydrogen-bond donors (Lipinski definition) is 1. The van der Waals surface area contributed by atoms with E-state index in [0.717, 1.165) is 19.6 Å². The van der Waals surface area contributed by atoms with Crippen LogP contribution in [0.5, 0.6) is 0 Å². The van der Waals surface area contributed by atoms with E-state index in [-0.39, 0.29) is 0 Å². The van der Waals surface area contributed by atoms with Gasteiger partial charge in [0.15, 0.2) is 5.95 Å². The van der Waals surface area contributed by atoms with Gasteiger partial charge < -0.3 is 15.0 Å². The van der Waals surface area contributed by atoms with Crippen molar-refractivity contribution >= 4 is 5.95 Å². The highest BCUT2D eigenvalue weighted by molar-refractivity contribution is 5.18. The average Bonchev–Trinajstić information content (AvgIpc) is 2.55. The van der Waals surface area contributed by atoms with E-state index in [1.807, 2.05) is 10.8 Å². The van der Waals surface area contributed by atoms with E-state index in [2.05, 4.69) is 4.98 Å². The molecule has 11 heavy (non-hydrogen) atoms. The zero-order chi connectivity index (χ0) is 7.68. The molecule has 1 fully saturated rings. The summed E-state index contributed by atoms with van der Waals surface area (Å²) in [5, 5.41) is 0. The lowest BCUT2D eigenvalue weighted by molar-refractivity contribution is 0.187. The van der Waals surface area contributed by atoms with E-state index < -0.39 is 0 Å². The molecule has 1 aromatic rings. The molecule has 0 saturated carbocycles. The Hall–Kier alpha value is -1.03. The van der Waals surface area contributed by atoms with Gasteiger partial charge in [-0.05, 0) is 6.42 Å². The van der Waals surface area contributed by atoms with Crippen LogP contribution in [0.15, 0.2) is 12.4 Å². The summed E-state index contributed by atoms with van der Waals surface area (Å²) in [6, 6.07) is 0.400. The number of aromatic nitrogens is 2. The second-order valence-corrected chi connectivity index (χ2v) is 2.71. The lowest BCUT2D eigenvalue weighted by Crippen LogP contribution is -2.10. The summed E-state index contributed by atoms with van der Waals surface area (Å²) in [6.45, 7) is 1.60. The van der Waals surface area contributed by atoms with Crippen LogP contribution < -0.4 is 5.73 Å². The summed E-state index contributed by atoms with van der Waals surface area (Å²) in [5.41, 5.74) is 5.62. The van der Waals surface area contributed by atoms with Gasteiger partial charge in [-0.15, -0.1) is 0 Å². The number of imidazole rings is 1. The van der Waals surface area contributed by atoms with Gasteiger partial charge in [0.05, 0.1) is 12.6 Å². The Morgan fingerprint density at radius 1 is 1.73 bits per heavy atom. The van der Waals surface area contributed by atoms with Crippen molar-refractivity contribution in [1.82, 2.24) is 9.55 Å². The summed E-state index contributed by atoms with van der Waals surface area (Å²) in [7, 11) is 0. The van der Waals surface area contributed by atoms with Gasteiger partial charge in [-0.1, -0.05) is 0 Å². The van der Waals surface area contributed by atoms with Gasteiger partial charge in [0.1, 0.15) is 0 Å². The first-order valence-electron chi connectivity index (χ1n) is 3.74. The monoisotopic (exact) mass is 153 g/mol. The molecule has 1 atom stereocenters. The summed E-state index contributed by atoms with van der Waals surface area (Å²) in [5.74, 6) is 0.584. The van der Waals surface area contributed by atoms with Gasteiger partial charge in [-0.3, -0.25) is 0 Å². The van der Waals surface area contributed by atoms with Crippen molar-refractivity contribution in [2.45, 2.75) is 12.5 Å². The number of nitrogen functional groups attached to an aromatic ring is 1. The molecule has 0 spiro atoms. The molecule has 60 valence electrons. The third kappa shape index (κ3) is 1.09. The van der Waals surface area contributed by atoms with Crippen LogP contribution in [0.2, 0.25) is 0 Å². The maximum absolute atomic E-state index is 5.62. The molecule has 0 radical (unpaired) electrons. The summed E-state index contributed by atoms with van der Waals surface area (Å²) < 4.78 is 7.20. The Morgan fingerprint density at radius 2 is 2.64 bits per heavy atom. The molecular formula is C7H11N3O. The number of nitrogens with zero attached hydrogens (tertiary/aromatic N) is 2. The highest BCUT2D eigenvalue weighted by Gasteiger charge is 2.18. The van der Waals surface area contributed by atoms with Crippen LogP contribution in [0.4, 0.5) is 5.95 Å². The molecule has 4 nitrogen and oxygen atoms in total. The number of hydrogen-bond acceptors (Lipinski definition) is 3. The topological polar surface area (TPSA) is 53.1 Å². The Balaban J connectivity index is 2.21. The highest BCUT2D eigenvalue weighted by Crippen LogP contribution is 2.20. The number of rotatable bonds is 1. The van der Waals surface area contributed by atoms with Crippen LogP contribution >= 0.6 is 0 Å². The van der Waals surface area contributed by atoms with Gasteiger partial charge in [0.2, 0.25) is 0 Å². The van der Waals surface area contributed by atoms with Crippen LogP contribution in [0.3, 0.4) is 0 Å². The molecule has 1 unspecified atom stereocenters. The molecule has 0 aliphatic carbocycles. The molecule has 0 aromatic carbocycles. The normalized spacial score (nSPS) is 24.2. The van der Waals surface area contributed by atoms with E-state index in [1.54, 1.807) is 6.20 Å². The minimum absolute atomic E-state index is 0.400. The minimum Gasteiger partial charge on any atom is -0.379 e. The lowest BCUT2D eigenvalue weighted by atomic mass is 10.2. The number of nitrogens with two attached hydrogens (primary N) is 1. The maximum atomic E-state index is 5.62. The number of anilines is 1. The molecule has 4 heteroatoms. The van der Waals surface area contributed by atoms with E-state index >= 15 is 0 Å². The maximum Gasteiger partial charge on any atom is 0.200 e. The van der Waals surface area contributed by atoms with Crippen LogP contribution in [-0.2, 0) is 4.74 Å². The second kappa shape index (κ2) is 2.54. The molecule has 1 saturated heterocycles. The minimum atomic E-state index is 0.400. The SMILES string of the molecule is Nc1nccn1C1CCOC1. The third-order valence-corrected chi connectivity index (χ3v) is 2.00. The van der Waals surface area contributed by atoms with E-state index in [1.165, 1.54) is 0 Å². The fourth-order valence-corrected chi connectivity index (χ4v) is 1.37. The van der Waals surface area contributed by atoms with Crippen molar-refractivity contribution in [2.24, 2.45) is 0 Å². The molecule has 1 aromatic heterocycles. The fourth-order valence-electron chi connectivity index (χ4n) is 1.37. The first kappa shape index (κ1) is 6.67. The zero-order valence-electron chi connectivity index (χ0n) is 6.23. The smallest absolute Gasteiger partial charge is 0.200 e. The first-order chi connectivity index (χ1) is 5.38. The van der Waals surface area contributed by atoms with Gasteiger partial charge in [-0.2, -0.15) is 0 Å². The van der Waals surface area contributed by atoms with E-state index in [9.17, 15) is 0 Å². The molecular weight excluding hydrogens is 142 g/mol. The predicted molar refractivity (Wildman–Crippen MR) is 41.1 cm³/mol. The number of ether oxygens (including phenoxy) is 1. The fraction of sp³-hybridized carbons (Fsp3) is 0.571. The van der Waals surface area contributed by atoms with Crippen LogP contribution in [0.1, 0.15) is 12.5 Å². The van der Waals surface area contributed by atoms with E-state index in [0.29, 0.717) is 12.0 Å². The average molecular weight is 153 g/mol. The Labute approximate surface area is 65.0 Å². The Bertz CT molecular complexity index is 240. The predicted octanol–water partition coefficient (Wildman–Crippen LogP) is 0.427. The zero-order valence-corrected chi connectivity index (χ0v) is 6.23. The van der Waals surface area contributed by atoms with Gasteiger partial charge in [0, 0.05) is 19.0 Å². The quantitative estimate of drug-likeness (QED) is 0.636. The van der Waals surface area contributed by atoms with E-state index in [4.69, 9.17) is 10.5 Å². The standard InChI is InChI=1S/C7H11N3O/c8-7-9-2-3-10(7)6-1-4-11-5-6/h2-3,6H,1,4-5H2,(H2,8,9). The van der Waals surface area contributed by atoms with Crippen LogP contribution in [0.25, 0.3) is 0 Å². The largest absolute Gasteiger partial charge is 0.379 e. The second-order valence-electron chi connectivity index (χ2n) is 2.71. The van der Waals surface area contributed by atoms with Crippen molar-refractivity contribution < 1.29 is 4.74 Å². The molecule has 2 rings (SSSR count). The Morgan fingerprint density at radius 3 is 3.18 bits per heavy atom. The van der Waals surface area contributed by atoms with Crippen LogP contribution in [0, 0.1) is 0 Å². The first-order valence-corrected chi connectivity index (χ1v) is 3.74. The van der Waals surface area contributed by atoms with Gasteiger partial charge in [0.25, 0.3) is 0 Å². The summed E-state index contributed by atoms with van der Waals surface area (Å²) >= 11 is 0. The Kier molecular flexibility index (Phi) is 1.54. The molecule has 1 aliphatic heterocycles. The molecule has 0 bridgehead atoms. The molecule has 2 heterocycles. The highest BCUT2D eigenvalue weighted by atomic mass is 16.5. The van der Waals surface area contributed by atoms with Crippen LogP contribution in [-0.4, -0.2) is 22.8 Å². The molecule has 1 aliphatic rings. The van der Waals surface area contributed by atoms with Gasteiger partial charge >= 0.3 is 0 Å².